The fraction of sp³-hybridized carbons (Fsp3) is 0.600. The van der Waals surface area contributed by atoms with Crippen LogP contribution in [0.3, 0.4) is 0 Å². The smallest absolute Gasteiger partial charge is 0.230 e. The first-order chi connectivity index (χ1) is 5.88. The molecule has 1 rings (SSSR count). The van der Waals surface area contributed by atoms with Gasteiger partial charge in [0.15, 0.2) is 5.76 Å². The number of allylic oxidation sites excluding steroid dienone is 3. The quantitative estimate of drug-likeness (QED) is 0.633. The zero-order chi connectivity index (χ0) is 9.40. The lowest BCUT2D eigenvalue weighted by Crippen LogP contribution is -1.81. The van der Waals surface area contributed by atoms with Crippen molar-refractivity contribution in [3.05, 3.63) is 23.7 Å². The van der Waals surface area contributed by atoms with Gasteiger partial charge in [-0.25, -0.2) is 0 Å². The summed E-state index contributed by atoms with van der Waals surface area (Å²) in [5, 5.41) is 0. The third kappa shape index (κ3) is 2.99. The highest BCUT2D eigenvalue weighted by Crippen LogP contribution is 2.19. The largest absolute Gasteiger partial charge is 0.458 e. The Kier molecular flexibility index (Phi) is 6.25. The van der Waals surface area contributed by atoms with E-state index in [9.17, 15) is 0 Å². The minimum Gasteiger partial charge on any atom is -0.458 e. The first kappa shape index (κ1) is 11.1. The Bertz CT molecular complexity index is 169. The van der Waals surface area contributed by atoms with Gasteiger partial charge in [0.2, 0.25) is 6.79 Å². The molecule has 1 aliphatic heterocycles. The molecule has 0 radical (unpaired) electrons. The highest BCUT2D eigenvalue weighted by Gasteiger charge is 2.11. The fourth-order valence-electron chi connectivity index (χ4n) is 0.884. The van der Waals surface area contributed by atoms with E-state index >= 15 is 0 Å². The number of hydrogen-bond donors (Lipinski definition) is 0. The Morgan fingerprint density at radius 1 is 1.33 bits per heavy atom. The van der Waals surface area contributed by atoms with Crippen LogP contribution in [0.15, 0.2) is 23.7 Å². The van der Waals surface area contributed by atoms with E-state index in [0.717, 1.165) is 17.9 Å². The lowest BCUT2D eigenvalue weighted by atomic mass is 10.3. The molecule has 0 aromatic heterocycles. The number of ether oxygens (including phenoxy) is 2. The van der Waals surface area contributed by atoms with Crippen LogP contribution in [0.1, 0.15) is 34.1 Å². The molecule has 0 fully saturated rings. The van der Waals surface area contributed by atoms with E-state index in [4.69, 9.17) is 9.47 Å². The summed E-state index contributed by atoms with van der Waals surface area (Å²) in [6, 6.07) is 0. The van der Waals surface area contributed by atoms with Gasteiger partial charge >= 0.3 is 0 Å². The van der Waals surface area contributed by atoms with Crippen LogP contribution in [0.2, 0.25) is 0 Å². The van der Waals surface area contributed by atoms with Crippen molar-refractivity contribution in [2.24, 2.45) is 0 Å². The normalized spacial score (nSPS) is 15.3. The van der Waals surface area contributed by atoms with Crippen LogP contribution in [0.25, 0.3) is 0 Å². The molecule has 70 valence electrons. The summed E-state index contributed by atoms with van der Waals surface area (Å²) in [5.74, 6) is 1.84. The maximum absolute atomic E-state index is 5.17. The van der Waals surface area contributed by atoms with Gasteiger partial charge in [0.05, 0.1) is 0 Å². The van der Waals surface area contributed by atoms with E-state index < -0.39 is 0 Å². The Hall–Kier alpha value is -0.920. The van der Waals surface area contributed by atoms with Gasteiger partial charge in [-0.1, -0.05) is 26.8 Å². The van der Waals surface area contributed by atoms with E-state index in [2.05, 4.69) is 0 Å². The van der Waals surface area contributed by atoms with Crippen molar-refractivity contribution in [3.8, 4) is 0 Å². The molecule has 2 nitrogen and oxygen atoms in total. The molecular weight excluding hydrogens is 152 g/mol. The number of hydrogen-bond acceptors (Lipinski definition) is 2. The maximum atomic E-state index is 5.17. The predicted octanol–water partition coefficient (Wildman–Crippen LogP) is 3.21. The zero-order valence-corrected chi connectivity index (χ0v) is 8.39. The van der Waals surface area contributed by atoms with Gasteiger partial charge in [-0.2, -0.15) is 0 Å². The van der Waals surface area contributed by atoms with E-state index in [0.29, 0.717) is 6.79 Å². The van der Waals surface area contributed by atoms with Gasteiger partial charge in [0, 0.05) is 6.42 Å². The van der Waals surface area contributed by atoms with Crippen molar-refractivity contribution in [3.63, 3.8) is 0 Å². The molecule has 0 saturated heterocycles. The predicted molar refractivity (Wildman–Crippen MR) is 50.5 cm³/mol. The standard InChI is InChI=1S/C8H12O2.C2H6/c1-3-5-8-7(4-2)9-6-10-8;1-2/h3,5H,4,6H2,1-2H3;1-2H3/b5-3-;. The van der Waals surface area contributed by atoms with Gasteiger partial charge in [-0.05, 0) is 13.0 Å². The molecule has 0 amide bonds. The zero-order valence-electron chi connectivity index (χ0n) is 8.39. The Balaban J connectivity index is 0.000000561. The molecule has 0 aromatic rings. The van der Waals surface area contributed by atoms with E-state index in [-0.39, 0.29) is 0 Å². The second kappa shape index (κ2) is 6.77. The summed E-state index contributed by atoms with van der Waals surface area (Å²) in [6.45, 7) is 8.39. The Labute approximate surface area is 74.9 Å². The minimum atomic E-state index is 0.378. The highest BCUT2D eigenvalue weighted by atomic mass is 16.7. The van der Waals surface area contributed by atoms with Crippen molar-refractivity contribution in [2.45, 2.75) is 34.1 Å². The molecule has 12 heavy (non-hydrogen) atoms. The minimum absolute atomic E-state index is 0.378. The van der Waals surface area contributed by atoms with Crippen molar-refractivity contribution in [1.29, 1.82) is 0 Å². The van der Waals surface area contributed by atoms with Crippen LogP contribution in [-0.2, 0) is 9.47 Å². The van der Waals surface area contributed by atoms with Crippen molar-refractivity contribution >= 4 is 0 Å². The molecular formula is C10H18O2. The molecule has 0 aliphatic carbocycles. The van der Waals surface area contributed by atoms with Crippen molar-refractivity contribution < 1.29 is 9.47 Å². The first-order valence-corrected chi connectivity index (χ1v) is 4.50. The molecule has 1 heterocycles. The van der Waals surface area contributed by atoms with Crippen LogP contribution < -0.4 is 0 Å². The molecule has 0 saturated carbocycles. The summed E-state index contributed by atoms with van der Waals surface area (Å²) < 4.78 is 10.3. The molecule has 0 bridgehead atoms. The van der Waals surface area contributed by atoms with E-state index in [1.54, 1.807) is 0 Å². The van der Waals surface area contributed by atoms with Crippen molar-refractivity contribution in [1.82, 2.24) is 0 Å². The van der Waals surface area contributed by atoms with E-state index in [1.807, 2.05) is 39.8 Å². The molecule has 0 aromatic carbocycles. The number of rotatable bonds is 2. The summed E-state index contributed by atoms with van der Waals surface area (Å²) in [5.41, 5.74) is 0. The Morgan fingerprint density at radius 2 is 2.00 bits per heavy atom. The van der Waals surface area contributed by atoms with Gasteiger partial charge < -0.3 is 9.47 Å². The molecule has 1 aliphatic rings. The van der Waals surface area contributed by atoms with Gasteiger partial charge in [-0.3, -0.25) is 0 Å². The lowest BCUT2D eigenvalue weighted by molar-refractivity contribution is 0.0726. The second-order valence-corrected chi connectivity index (χ2v) is 2.05. The summed E-state index contributed by atoms with van der Waals surface area (Å²) in [7, 11) is 0. The summed E-state index contributed by atoms with van der Waals surface area (Å²) in [6.07, 6.45) is 4.77. The molecule has 0 N–H and O–H groups in total. The molecule has 2 heteroatoms. The SMILES string of the molecule is C/C=C\C1=C(CC)OCO1.CC. The fourth-order valence-corrected chi connectivity index (χ4v) is 0.884. The van der Waals surface area contributed by atoms with Crippen LogP contribution in [0.4, 0.5) is 0 Å². The summed E-state index contributed by atoms with van der Waals surface area (Å²) in [4.78, 5) is 0. The van der Waals surface area contributed by atoms with Gasteiger partial charge in [-0.15, -0.1) is 0 Å². The molecule has 0 spiro atoms. The first-order valence-electron chi connectivity index (χ1n) is 4.50. The van der Waals surface area contributed by atoms with Crippen molar-refractivity contribution in [2.75, 3.05) is 6.79 Å². The highest BCUT2D eigenvalue weighted by molar-refractivity contribution is 5.17. The van der Waals surface area contributed by atoms with Crippen LogP contribution in [0.5, 0.6) is 0 Å². The van der Waals surface area contributed by atoms with E-state index in [1.165, 1.54) is 0 Å². The van der Waals surface area contributed by atoms with Gasteiger partial charge in [0.1, 0.15) is 5.76 Å². The second-order valence-electron chi connectivity index (χ2n) is 2.05. The molecule has 0 atom stereocenters. The lowest BCUT2D eigenvalue weighted by Gasteiger charge is -1.93. The maximum Gasteiger partial charge on any atom is 0.230 e. The van der Waals surface area contributed by atoms with Crippen LogP contribution >= 0.6 is 0 Å². The van der Waals surface area contributed by atoms with Crippen LogP contribution in [0, 0.1) is 0 Å². The summed E-state index contributed by atoms with van der Waals surface area (Å²) >= 11 is 0. The van der Waals surface area contributed by atoms with Gasteiger partial charge in [0.25, 0.3) is 0 Å². The third-order valence-corrected chi connectivity index (χ3v) is 1.36. The topological polar surface area (TPSA) is 18.5 Å². The average molecular weight is 170 g/mol. The third-order valence-electron chi connectivity index (χ3n) is 1.36. The monoisotopic (exact) mass is 170 g/mol. The Morgan fingerprint density at radius 3 is 2.50 bits per heavy atom. The average Bonchev–Trinajstić information content (AvgIpc) is 2.56. The molecule has 0 unspecified atom stereocenters. The van der Waals surface area contributed by atoms with Crippen LogP contribution in [-0.4, -0.2) is 6.79 Å².